The molecular weight excluding hydrogens is 282 g/mol. The molecule has 1 atom stereocenters. The third-order valence-corrected chi connectivity index (χ3v) is 4.98. The van der Waals surface area contributed by atoms with Crippen molar-refractivity contribution in [2.75, 3.05) is 31.8 Å². The minimum Gasteiger partial charge on any atom is -0.443 e. The summed E-state index contributed by atoms with van der Waals surface area (Å²) in [6, 6.07) is 7.82. The van der Waals surface area contributed by atoms with Crippen molar-refractivity contribution < 1.29 is 14.4 Å². The molecule has 6 heteroatoms. The second-order valence-corrected chi connectivity index (χ2v) is 6.19. The molecule has 4 aliphatic heterocycles. The molecule has 4 heterocycles. The number of para-hydroxylation sites is 1. The molecule has 5 rings (SSSR count). The zero-order chi connectivity index (χ0) is 15.1. The van der Waals surface area contributed by atoms with Gasteiger partial charge in [-0.2, -0.15) is 5.01 Å². The van der Waals surface area contributed by atoms with E-state index in [2.05, 4.69) is 4.90 Å². The highest BCUT2D eigenvalue weighted by atomic mass is 16.7. The first-order valence-corrected chi connectivity index (χ1v) is 7.89. The summed E-state index contributed by atoms with van der Waals surface area (Å²) >= 11 is 0. The monoisotopic (exact) mass is 303 g/mol. The van der Waals surface area contributed by atoms with Crippen molar-refractivity contribution in [3.8, 4) is 0 Å². The molecule has 22 heavy (non-hydrogen) atoms. The number of carbonyl (C=O) groups is 1. The molecule has 1 aromatic carbocycles. The lowest BCUT2D eigenvalue weighted by Crippen LogP contribution is -2.53. The number of ether oxygens (including phenoxy) is 1. The molecule has 118 valence electrons. The molecule has 0 unspecified atom stereocenters. The number of hydrogen-bond acceptors (Lipinski definition) is 5. The normalized spacial score (nSPS) is 30.4. The SMILES string of the molecule is CON1Cc2ccccc2N1C(=O)O[C@@H]1CN2CCC1CC2. The van der Waals surface area contributed by atoms with Crippen LogP contribution in [0, 0.1) is 5.92 Å². The summed E-state index contributed by atoms with van der Waals surface area (Å²) in [5, 5.41) is 3.06. The van der Waals surface area contributed by atoms with Gasteiger partial charge in [0.15, 0.2) is 0 Å². The minimum absolute atomic E-state index is 0.00136. The van der Waals surface area contributed by atoms with Gasteiger partial charge in [-0.1, -0.05) is 23.4 Å². The lowest BCUT2D eigenvalue weighted by molar-refractivity contribution is -0.139. The van der Waals surface area contributed by atoms with E-state index in [-0.39, 0.29) is 12.2 Å². The zero-order valence-corrected chi connectivity index (χ0v) is 12.8. The van der Waals surface area contributed by atoms with Gasteiger partial charge in [0.05, 0.1) is 19.3 Å². The van der Waals surface area contributed by atoms with Crippen LogP contribution in [0.4, 0.5) is 10.5 Å². The minimum atomic E-state index is -0.342. The Morgan fingerprint density at radius 1 is 1.23 bits per heavy atom. The number of rotatable bonds is 2. The van der Waals surface area contributed by atoms with Gasteiger partial charge in [-0.3, -0.25) is 9.74 Å². The van der Waals surface area contributed by atoms with Gasteiger partial charge < -0.3 is 4.74 Å². The van der Waals surface area contributed by atoms with Gasteiger partial charge in [-0.25, -0.2) is 4.79 Å². The van der Waals surface area contributed by atoms with E-state index in [1.165, 1.54) is 5.01 Å². The molecule has 1 amide bonds. The number of carbonyl (C=O) groups excluding carboxylic acids is 1. The number of hydrogen-bond donors (Lipinski definition) is 0. The summed E-state index contributed by atoms with van der Waals surface area (Å²) in [6.45, 7) is 3.69. The molecule has 0 N–H and O–H groups in total. The molecule has 0 radical (unpaired) electrons. The number of fused-ring (bicyclic) bond motifs is 4. The van der Waals surface area contributed by atoms with Crippen molar-refractivity contribution in [3.63, 3.8) is 0 Å². The highest BCUT2D eigenvalue weighted by molar-refractivity contribution is 5.88. The predicted octanol–water partition coefficient (Wildman–Crippen LogP) is 2.02. The summed E-state index contributed by atoms with van der Waals surface area (Å²) in [4.78, 5) is 20.4. The van der Waals surface area contributed by atoms with Crippen LogP contribution in [0.5, 0.6) is 0 Å². The van der Waals surface area contributed by atoms with Crippen LogP contribution in [-0.4, -0.2) is 49.0 Å². The molecule has 3 saturated heterocycles. The fourth-order valence-corrected chi connectivity index (χ4v) is 3.75. The Morgan fingerprint density at radius 2 is 2.00 bits per heavy atom. The van der Waals surface area contributed by atoms with Gasteiger partial charge in [0.2, 0.25) is 0 Å². The summed E-state index contributed by atoms with van der Waals surface area (Å²) in [6.07, 6.45) is 1.91. The number of anilines is 1. The average Bonchev–Trinajstić information content (AvgIpc) is 2.94. The van der Waals surface area contributed by atoms with Crippen LogP contribution in [0.15, 0.2) is 24.3 Å². The van der Waals surface area contributed by atoms with Crippen LogP contribution in [0.3, 0.4) is 0 Å². The van der Waals surface area contributed by atoms with E-state index in [0.29, 0.717) is 12.5 Å². The van der Waals surface area contributed by atoms with Crippen molar-refractivity contribution >= 4 is 11.8 Å². The van der Waals surface area contributed by atoms with E-state index in [0.717, 1.165) is 43.7 Å². The lowest BCUT2D eigenvalue weighted by Gasteiger charge is -2.44. The Hall–Kier alpha value is -1.63. The first-order chi connectivity index (χ1) is 10.8. The van der Waals surface area contributed by atoms with Gasteiger partial charge in [-0.15, -0.1) is 0 Å². The van der Waals surface area contributed by atoms with Crippen LogP contribution >= 0.6 is 0 Å². The zero-order valence-electron chi connectivity index (χ0n) is 12.8. The maximum absolute atomic E-state index is 12.7. The molecule has 1 aromatic rings. The number of hydroxylamine groups is 1. The van der Waals surface area contributed by atoms with Gasteiger partial charge in [0, 0.05) is 6.54 Å². The van der Waals surface area contributed by atoms with Crippen molar-refractivity contribution in [1.82, 2.24) is 10.1 Å². The third-order valence-electron chi connectivity index (χ3n) is 4.98. The molecule has 0 spiro atoms. The quantitative estimate of drug-likeness (QED) is 0.836. The standard InChI is InChI=1S/C16H21N3O3/c1-21-18-10-13-4-2-3-5-14(13)19(18)16(20)22-15-11-17-8-6-12(15)7-9-17/h2-5,12,15H,6-11H2,1H3/t15-/m1/s1. The fraction of sp³-hybridized carbons (Fsp3) is 0.562. The summed E-state index contributed by atoms with van der Waals surface area (Å²) in [5.74, 6) is 0.503. The molecule has 0 saturated carbocycles. The van der Waals surface area contributed by atoms with Crippen LogP contribution < -0.4 is 5.01 Å². The number of hydrazine groups is 1. The van der Waals surface area contributed by atoms with Gasteiger partial charge >= 0.3 is 6.09 Å². The Balaban J connectivity index is 1.52. The maximum Gasteiger partial charge on any atom is 0.431 e. The second-order valence-electron chi connectivity index (χ2n) is 6.19. The van der Waals surface area contributed by atoms with E-state index < -0.39 is 0 Å². The van der Waals surface area contributed by atoms with Gasteiger partial charge in [-0.05, 0) is 43.5 Å². The Bertz CT molecular complexity index is 572. The lowest BCUT2D eigenvalue weighted by atomic mass is 9.86. The van der Waals surface area contributed by atoms with Crippen LogP contribution in [0.1, 0.15) is 18.4 Å². The van der Waals surface area contributed by atoms with E-state index in [1.807, 2.05) is 24.3 Å². The molecule has 2 bridgehead atoms. The first kappa shape index (κ1) is 14.0. The van der Waals surface area contributed by atoms with Gasteiger partial charge in [0.25, 0.3) is 0 Å². The van der Waals surface area contributed by atoms with E-state index in [9.17, 15) is 4.79 Å². The van der Waals surface area contributed by atoms with Crippen molar-refractivity contribution in [2.45, 2.75) is 25.5 Å². The third kappa shape index (κ3) is 2.27. The molecule has 4 aliphatic rings. The first-order valence-electron chi connectivity index (χ1n) is 7.89. The van der Waals surface area contributed by atoms with Crippen molar-refractivity contribution in [2.24, 2.45) is 5.92 Å². The van der Waals surface area contributed by atoms with Crippen LogP contribution in [0.25, 0.3) is 0 Å². The summed E-state index contributed by atoms with van der Waals surface area (Å²) in [7, 11) is 1.57. The maximum atomic E-state index is 12.7. The van der Waals surface area contributed by atoms with E-state index in [1.54, 1.807) is 12.3 Å². The number of nitrogens with zero attached hydrogens (tertiary/aromatic N) is 3. The predicted molar refractivity (Wildman–Crippen MR) is 80.9 cm³/mol. The van der Waals surface area contributed by atoms with E-state index >= 15 is 0 Å². The highest BCUT2D eigenvalue weighted by Crippen LogP contribution is 2.34. The number of amides is 1. The highest BCUT2D eigenvalue weighted by Gasteiger charge is 2.40. The molecule has 0 aliphatic carbocycles. The number of piperidine rings is 3. The van der Waals surface area contributed by atoms with Crippen LogP contribution in [-0.2, 0) is 16.1 Å². The second kappa shape index (κ2) is 5.53. The van der Waals surface area contributed by atoms with Crippen molar-refractivity contribution in [3.05, 3.63) is 29.8 Å². The van der Waals surface area contributed by atoms with Gasteiger partial charge in [0.1, 0.15) is 6.10 Å². The van der Waals surface area contributed by atoms with E-state index in [4.69, 9.17) is 9.57 Å². The fourth-order valence-electron chi connectivity index (χ4n) is 3.75. The molecule has 3 fully saturated rings. The van der Waals surface area contributed by atoms with Crippen molar-refractivity contribution in [1.29, 1.82) is 0 Å². The Kier molecular flexibility index (Phi) is 3.52. The Morgan fingerprint density at radius 3 is 2.68 bits per heavy atom. The van der Waals surface area contributed by atoms with Crippen LogP contribution in [0.2, 0.25) is 0 Å². The average molecular weight is 303 g/mol. The summed E-state index contributed by atoms with van der Waals surface area (Å²) < 4.78 is 5.82. The molecule has 6 nitrogen and oxygen atoms in total. The number of benzene rings is 1. The molecular formula is C16H21N3O3. The summed E-state index contributed by atoms with van der Waals surface area (Å²) in [5.41, 5.74) is 1.91. The topological polar surface area (TPSA) is 45.3 Å². The smallest absolute Gasteiger partial charge is 0.431 e. The molecule has 0 aromatic heterocycles. The largest absolute Gasteiger partial charge is 0.443 e. The Labute approximate surface area is 130 Å².